The number of rotatable bonds is 6. The van der Waals surface area contributed by atoms with E-state index in [1.54, 1.807) is 27.2 Å². The van der Waals surface area contributed by atoms with Gasteiger partial charge in [-0.15, -0.1) is 0 Å². The van der Waals surface area contributed by atoms with Crippen LogP contribution in [0.3, 0.4) is 0 Å². The van der Waals surface area contributed by atoms with Crippen LogP contribution >= 0.6 is 0 Å². The summed E-state index contributed by atoms with van der Waals surface area (Å²) in [6, 6.07) is 22.3. The average Bonchev–Trinajstić information content (AvgIpc) is 3.37. The molecule has 214 valence electrons. The molecule has 0 aliphatic carbocycles. The third-order valence-electron chi connectivity index (χ3n) is 8.79. The van der Waals surface area contributed by atoms with Gasteiger partial charge in [0, 0.05) is 29.2 Å². The first-order chi connectivity index (χ1) is 20.4. The summed E-state index contributed by atoms with van der Waals surface area (Å²) >= 11 is 0. The van der Waals surface area contributed by atoms with Crippen LogP contribution in [0.1, 0.15) is 51.2 Å². The normalized spacial score (nSPS) is 17.8. The molecule has 4 aromatic carbocycles. The van der Waals surface area contributed by atoms with Gasteiger partial charge in [-0.25, -0.2) is 8.78 Å². The van der Waals surface area contributed by atoms with Crippen LogP contribution < -0.4 is 14.2 Å². The highest BCUT2D eigenvalue weighted by molar-refractivity contribution is 5.87. The van der Waals surface area contributed by atoms with Gasteiger partial charge in [-0.05, 0) is 102 Å². The molecule has 1 aromatic heterocycles. The molecular weight excluding hydrogens is 534 g/mol. The smallest absolute Gasteiger partial charge is 0.161 e. The summed E-state index contributed by atoms with van der Waals surface area (Å²) in [4.78, 5) is 6.21. The molecule has 0 saturated heterocycles. The molecule has 2 unspecified atom stereocenters. The van der Waals surface area contributed by atoms with Crippen molar-refractivity contribution in [3.05, 3.63) is 124 Å². The van der Waals surface area contributed by atoms with Gasteiger partial charge < -0.3 is 19.2 Å². The number of hydrogen-bond acceptors (Lipinski definition) is 4. The van der Waals surface area contributed by atoms with E-state index in [1.807, 2.05) is 24.3 Å². The Kier molecular flexibility index (Phi) is 6.62. The minimum Gasteiger partial charge on any atom is -0.497 e. The van der Waals surface area contributed by atoms with Crippen molar-refractivity contribution < 1.29 is 23.0 Å². The Morgan fingerprint density at radius 2 is 1.74 bits per heavy atom. The first-order valence-electron chi connectivity index (χ1n) is 14.2. The first kappa shape index (κ1) is 26.5. The monoisotopic (exact) mass is 566 g/mol. The van der Waals surface area contributed by atoms with Crippen LogP contribution in [-0.2, 0) is 19.4 Å². The van der Waals surface area contributed by atoms with Crippen LogP contribution in [0, 0.1) is 18.6 Å². The molecule has 2 atom stereocenters. The topological polar surface area (TPSA) is 46.7 Å². The highest BCUT2D eigenvalue weighted by Crippen LogP contribution is 2.50. The molecule has 5 nitrogen and oxygen atoms in total. The highest BCUT2D eigenvalue weighted by Gasteiger charge is 2.41. The molecule has 0 amide bonds. The molecule has 2 aliphatic rings. The minimum absolute atomic E-state index is 0.0655. The zero-order chi connectivity index (χ0) is 29.0. The van der Waals surface area contributed by atoms with Crippen LogP contribution in [0.5, 0.6) is 17.2 Å². The van der Waals surface area contributed by atoms with Crippen molar-refractivity contribution in [1.29, 1.82) is 0 Å². The Balaban J connectivity index is 1.30. The second-order valence-corrected chi connectivity index (χ2v) is 11.2. The highest BCUT2D eigenvalue weighted by atomic mass is 19.1. The number of fused-ring (bicyclic) bond motifs is 6. The number of methoxy groups -OCH3 is 2. The average molecular weight is 567 g/mol. The maximum Gasteiger partial charge on any atom is 0.161 e. The number of aromatic amines is 1. The Hall–Kier alpha value is -4.36. The van der Waals surface area contributed by atoms with Gasteiger partial charge in [0.2, 0.25) is 0 Å². The molecule has 0 fully saturated rings. The van der Waals surface area contributed by atoms with Crippen molar-refractivity contribution in [2.45, 2.75) is 38.5 Å². The van der Waals surface area contributed by atoms with Crippen molar-refractivity contribution in [2.75, 3.05) is 20.8 Å². The van der Waals surface area contributed by atoms with Gasteiger partial charge in [-0.3, -0.25) is 4.90 Å². The second kappa shape index (κ2) is 10.5. The lowest BCUT2D eigenvalue weighted by Gasteiger charge is -2.46. The Morgan fingerprint density at radius 3 is 2.50 bits per heavy atom. The van der Waals surface area contributed by atoms with E-state index in [2.05, 4.69) is 34.1 Å². The zero-order valence-corrected chi connectivity index (χ0v) is 23.8. The lowest BCUT2D eigenvalue weighted by molar-refractivity contribution is 0.127. The largest absolute Gasteiger partial charge is 0.497 e. The Bertz CT molecular complexity index is 1800. The van der Waals surface area contributed by atoms with E-state index < -0.39 is 0 Å². The van der Waals surface area contributed by atoms with Crippen molar-refractivity contribution in [3.8, 4) is 17.2 Å². The number of nitrogens with one attached hydrogen (secondary N) is 1. The number of halogens is 2. The van der Waals surface area contributed by atoms with Crippen LogP contribution in [0.4, 0.5) is 8.78 Å². The summed E-state index contributed by atoms with van der Waals surface area (Å²) in [5.74, 6) is 1.62. The summed E-state index contributed by atoms with van der Waals surface area (Å²) in [5, 5.41) is 1.14. The molecule has 42 heavy (non-hydrogen) atoms. The summed E-state index contributed by atoms with van der Waals surface area (Å²) < 4.78 is 45.7. The van der Waals surface area contributed by atoms with Gasteiger partial charge in [-0.1, -0.05) is 24.3 Å². The van der Waals surface area contributed by atoms with Crippen molar-refractivity contribution in [2.24, 2.45) is 0 Å². The first-order valence-corrected chi connectivity index (χ1v) is 14.2. The molecule has 0 saturated carbocycles. The molecule has 0 bridgehead atoms. The van der Waals surface area contributed by atoms with Crippen LogP contribution in [0.2, 0.25) is 0 Å². The minimum atomic E-state index is -0.248. The molecule has 1 N–H and O–H groups in total. The number of aromatic nitrogens is 1. The van der Waals surface area contributed by atoms with Crippen molar-refractivity contribution in [1.82, 2.24) is 9.88 Å². The van der Waals surface area contributed by atoms with Gasteiger partial charge >= 0.3 is 0 Å². The number of nitrogens with zero attached hydrogens (tertiary/aromatic N) is 1. The number of ether oxygens (including phenoxy) is 3. The van der Waals surface area contributed by atoms with E-state index in [9.17, 15) is 8.78 Å². The number of benzene rings is 4. The van der Waals surface area contributed by atoms with Crippen LogP contribution in [0.25, 0.3) is 10.9 Å². The SMILES string of the molecule is COc1ccc2[nH]c3c(c2c1)CC1c2cc(OC)c(OCc4ccc(C)c(F)c4)cc2CCN1C3c1ccc(F)cc1. The third kappa shape index (κ3) is 4.49. The molecule has 3 heterocycles. The van der Waals surface area contributed by atoms with E-state index in [4.69, 9.17) is 14.2 Å². The maximum atomic E-state index is 14.1. The van der Waals surface area contributed by atoms with Gasteiger partial charge in [0.1, 0.15) is 24.0 Å². The van der Waals surface area contributed by atoms with Crippen LogP contribution in [0.15, 0.2) is 72.8 Å². The lowest BCUT2D eigenvalue weighted by atomic mass is 9.80. The van der Waals surface area contributed by atoms with Gasteiger partial charge in [0.25, 0.3) is 0 Å². The summed E-state index contributed by atoms with van der Waals surface area (Å²) in [6.45, 7) is 2.82. The molecule has 2 aliphatic heterocycles. The predicted octanol–water partition coefficient (Wildman–Crippen LogP) is 7.60. The van der Waals surface area contributed by atoms with Gasteiger partial charge in [0.05, 0.1) is 20.3 Å². The van der Waals surface area contributed by atoms with E-state index in [0.29, 0.717) is 17.1 Å². The summed E-state index contributed by atoms with van der Waals surface area (Å²) in [5.41, 5.74) is 8.26. The van der Waals surface area contributed by atoms with E-state index in [0.717, 1.165) is 52.9 Å². The quantitative estimate of drug-likeness (QED) is 0.230. The predicted molar refractivity (Wildman–Crippen MR) is 158 cm³/mol. The molecule has 0 radical (unpaired) electrons. The zero-order valence-electron chi connectivity index (χ0n) is 23.8. The standard InChI is InChI=1S/C35H32F2N2O3/c1-20-4-5-21(14-29(20)37)19-42-33-15-23-12-13-39-31(26(23)18-32(33)41-3)17-28-27-16-25(40-2)10-11-30(27)38-34(28)35(39)22-6-8-24(36)9-7-22/h4-11,14-16,18,31,35,38H,12-13,17,19H2,1-3H3. The molecule has 7 heteroatoms. The van der Waals surface area contributed by atoms with E-state index in [1.165, 1.54) is 34.9 Å². The molecular formula is C35H32F2N2O3. The fraction of sp³-hybridized carbons (Fsp3) is 0.257. The molecule has 0 spiro atoms. The Morgan fingerprint density at radius 1 is 0.905 bits per heavy atom. The number of hydrogen-bond donors (Lipinski definition) is 1. The van der Waals surface area contributed by atoms with Crippen molar-refractivity contribution >= 4 is 10.9 Å². The summed E-state index contributed by atoms with van der Waals surface area (Å²) in [7, 11) is 3.33. The fourth-order valence-electron chi connectivity index (χ4n) is 6.61. The van der Waals surface area contributed by atoms with E-state index in [-0.39, 0.29) is 30.3 Å². The van der Waals surface area contributed by atoms with Crippen molar-refractivity contribution in [3.63, 3.8) is 0 Å². The third-order valence-corrected chi connectivity index (χ3v) is 8.79. The molecule has 7 rings (SSSR count). The number of aryl methyl sites for hydroxylation is 1. The second-order valence-electron chi connectivity index (χ2n) is 11.2. The maximum absolute atomic E-state index is 14.1. The van der Waals surface area contributed by atoms with Gasteiger partial charge in [-0.2, -0.15) is 0 Å². The van der Waals surface area contributed by atoms with E-state index >= 15 is 0 Å². The van der Waals surface area contributed by atoms with Gasteiger partial charge in [0.15, 0.2) is 11.5 Å². The Labute approximate surface area is 243 Å². The fourth-order valence-corrected chi connectivity index (χ4v) is 6.61. The lowest BCUT2D eigenvalue weighted by Crippen LogP contribution is -2.43. The number of H-pyrrole nitrogens is 1. The van der Waals surface area contributed by atoms with Crippen LogP contribution in [-0.4, -0.2) is 30.6 Å². The summed E-state index contributed by atoms with van der Waals surface area (Å²) in [6.07, 6.45) is 1.63. The molecule has 5 aromatic rings.